The molecule has 0 saturated carbocycles. The molecule has 1 fully saturated rings. The van der Waals surface area contributed by atoms with Gasteiger partial charge in [0.15, 0.2) is 0 Å². The molecule has 0 radical (unpaired) electrons. The second-order valence-corrected chi connectivity index (χ2v) is 5.63. The van der Waals surface area contributed by atoms with Crippen LogP contribution < -0.4 is 5.32 Å². The molecule has 0 spiro atoms. The van der Waals surface area contributed by atoms with E-state index in [0.29, 0.717) is 0 Å². The lowest BCUT2D eigenvalue weighted by Gasteiger charge is -2.32. The Morgan fingerprint density at radius 1 is 1.20 bits per heavy atom. The van der Waals surface area contributed by atoms with Gasteiger partial charge >= 0.3 is 0 Å². The van der Waals surface area contributed by atoms with Gasteiger partial charge in [-0.2, -0.15) is 0 Å². The summed E-state index contributed by atoms with van der Waals surface area (Å²) in [6, 6.07) is 10.5. The molecular weight excluding hydrogens is 248 g/mol. The smallest absolute Gasteiger partial charge is 0.239 e. The summed E-state index contributed by atoms with van der Waals surface area (Å²) in [4.78, 5) is 14.4. The van der Waals surface area contributed by atoms with Gasteiger partial charge in [0.1, 0.15) is 0 Å². The topological polar surface area (TPSA) is 32.3 Å². The highest BCUT2D eigenvalue weighted by Crippen LogP contribution is 2.23. The summed E-state index contributed by atoms with van der Waals surface area (Å²) in [5, 5.41) is 3.35. The van der Waals surface area contributed by atoms with Crippen molar-refractivity contribution in [3.63, 3.8) is 0 Å². The van der Waals surface area contributed by atoms with E-state index >= 15 is 0 Å². The third-order valence-electron chi connectivity index (χ3n) is 4.27. The van der Waals surface area contributed by atoms with Crippen molar-refractivity contribution >= 4 is 11.5 Å². The molecule has 3 rings (SSSR count). The maximum Gasteiger partial charge on any atom is 0.239 e. The van der Waals surface area contributed by atoms with Crippen LogP contribution in [0.1, 0.15) is 31.2 Å². The summed E-state index contributed by atoms with van der Waals surface area (Å²) >= 11 is 0. The largest absolute Gasteiger partial charge is 0.337 e. The molecule has 1 amide bonds. The van der Waals surface area contributed by atoms with Crippen LogP contribution in [0.5, 0.6) is 0 Å². The number of rotatable bonds is 2. The van der Waals surface area contributed by atoms with E-state index in [0.717, 1.165) is 32.5 Å². The van der Waals surface area contributed by atoms with Crippen LogP contribution in [0.2, 0.25) is 0 Å². The molecule has 1 aromatic carbocycles. The first-order chi connectivity index (χ1) is 9.84. The SMILES string of the molecule is O=C(C1CCCCN1)N1CC=C(c2ccccc2)CC1. The Morgan fingerprint density at radius 2 is 2.05 bits per heavy atom. The monoisotopic (exact) mass is 270 g/mol. The molecule has 1 saturated heterocycles. The molecule has 3 nitrogen and oxygen atoms in total. The van der Waals surface area contributed by atoms with Crippen molar-refractivity contribution in [3.8, 4) is 0 Å². The predicted octanol–water partition coefficient (Wildman–Crippen LogP) is 2.44. The van der Waals surface area contributed by atoms with Crippen molar-refractivity contribution < 1.29 is 4.79 Å². The van der Waals surface area contributed by atoms with E-state index in [4.69, 9.17) is 0 Å². The Morgan fingerprint density at radius 3 is 2.70 bits per heavy atom. The highest BCUT2D eigenvalue weighted by molar-refractivity contribution is 5.83. The third-order valence-corrected chi connectivity index (χ3v) is 4.27. The van der Waals surface area contributed by atoms with Gasteiger partial charge in [-0.05, 0) is 36.9 Å². The fourth-order valence-corrected chi connectivity index (χ4v) is 3.07. The fourth-order valence-electron chi connectivity index (χ4n) is 3.07. The van der Waals surface area contributed by atoms with Crippen LogP contribution in [-0.4, -0.2) is 36.5 Å². The number of nitrogens with one attached hydrogen (secondary N) is 1. The third kappa shape index (κ3) is 2.93. The molecule has 20 heavy (non-hydrogen) atoms. The first-order valence-electron chi connectivity index (χ1n) is 7.61. The van der Waals surface area contributed by atoms with Crippen LogP contribution >= 0.6 is 0 Å². The van der Waals surface area contributed by atoms with Crippen molar-refractivity contribution in [1.82, 2.24) is 10.2 Å². The summed E-state index contributed by atoms with van der Waals surface area (Å²) in [7, 11) is 0. The summed E-state index contributed by atoms with van der Waals surface area (Å²) in [5.41, 5.74) is 2.65. The second kappa shape index (κ2) is 6.23. The van der Waals surface area contributed by atoms with Crippen LogP contribution in [0.15, 0.2) is 36.4 Å². The van der Waals surface area contributed by atoms with Crippen LogP contribution in [0, 0.1) is 0 Å². The molecule has 106 valence electrons. The molecule has 2 aliphatic heterocycles. The average Bonchev–Trinajstić information content (AvgIpc) is 2.56. The van der Waals surface area contributed by atoms with Gasteiger partial charge in [0.25, 0.3) is 0 Å². The van der Waals surface area contributed by atoms with Crippen molar-refractivity contribution in [2.24, 2.45) is 0 Å². The number of piperidine rings is 1. The lowest BCUT2D eigenvalue weighted by molar-refractivity contribution is -0.133. The molecule has 2 heterocycles. The van der Waals surface area contributed by atoms with E-state index in [9.17, 15) is 4.79 Å². The summed E-state index contributed by atoms with van der Waals surface area (Å²) in [5.74, 6) is 0.285. The number of nitrogens with zero attached hydrogens (tertiary/aromatic N) is 1. The van der Waals surface area contributed by atoms with E-state index < -0.39 is 0 Å². The van der Waals surface area contributed by atoms with E-state index in [1.165, 1.54) is 24.0 Å². The van der Waals surface area contributed by atoms with Gasteiger partial charge in [-0.1, -0.05) is 42.8 Å². The first-order valence-corrected chi connectivity index (χ1v) is 7.61. The van der Waals surface area contributed by atoms with E-state index in [1.54, 1.807) is 0 Å². The first kappa shape index (κ1) is 13.4. The van der Waals surface area contributed by atoms with Gasteiger partial charge in [0.2, 0.25) is 5.91 Å². The Kier molecular flexibility index (Phi) is 4.16. The number of amides is 1. The minimum Gasteiger partial charge on any atom is -0.337 e. The van der Waals surface area contributed by atoms with Gasteiger partial charge in [0, 0.05) is 13.1 Å². The Hall–Kier alpha value is -1.61. The zero-order valence-corrected chi connectivity index (χ0v) is 11.8. The van der Waals surface area contributed by atoms with Gasteiger partial charge in [-0.25, -0.2) is 0 Å². The van der Waals surface area contributed by atoms with E-state index in [-0.39, 0.29) is 11.9 Å². The molecule has 1 N–H and O–H groups in total. The van der Waals surface area contributed by atoms with Crippen LogP contribution in [0.25, 0.3) is 5.57 Å². The summed E-state index contributed by atoms with van der Waals surface area (Å²) < 4.78 is 0. The molecule has 0 aromatic heterocycles. The lowest BCUT2D eigenvalue weighted by atomic mass is 9.98. The molecule has 1 atom stereocenters. The number of hydrogen-bond acceptors (Lipinski definition) is 2. The highest BCUT2D eigenvalue weighted by atomic mass is 16.2. The number of benzene rings is 1. The molecule has 3 heteroatoms. The predicted molar refractivity (Wildman–Crippen MR) is 81.3 cm³/mol. The molecule has 2 aliphatic rings. The quantitative estimate of drug-likeness (QED) is 0.895. The molecular formula is C17H22N2O. The average molecular weight is 270 g/mol. The number of carbonyl (C=O) groups excluding carboxylic acids is 1. The zero-order chi connectivity index (χ0) is 13.8. The summed E-state index contributed by atoms with van der Waals surface area (Å²) in [6.45, 7) is 2.58. The highest BCUT2D eigenvalue weighted by Gasteiger charge is 2.26. The standard InChI is InChI=1S/C17H22N2O/c20-17(16-8-4-5-11-18-16)19-12-9-15(10-13-19)14-6-2-1-3-7-14/h1-3,6-7,9,16,18H,4-5,8,10-13H2. The van der Waals surface area contributed by atoms with Crippen LogP contribution in [0.4, 0.5) is 0 Å². The zero-order valence-electron chi connectivity index (χ0n) is 11.8. The second-order valence-electron chi connectivity index (χ2n) is 5.63. The van der Waals surface area contributed by atoms with E-state index in [1.807, 2.05) is 11.0 Å². The van der Waals surface area contributed by atoms with Gasteiger partial charge in [-0.15, -0.1) is 0 Å². The number of hydrogen-bond donors (Lipinski definition) is 1. The molecule has 1 aromatic rings. The number of carbonyl (C=O) groups is 1. The van der Waals surface area contributed by atoms with Crippen molar-refractivity contribution in [2.45, 2.75) is 31.7 Å². The Bertz CT molecular complexity index is 489. The minimum absolute atomic E-state index is 0.0513. The lowest BCUT2D eigenvalue weighted by Crippen LogP contribution is -2.49. The van der Waals surface area contributed by atoms with Gasteiger partial charge in [-0.3, -0.25) is 4.79 Å². The van der Waals surface area contributed by atoms with Crippen molar-refractivity contribution in [1.29, 1.82) is 0 Å². The maximum absolute atomic E-state index is 12.4. The van der Waals surface area contributed by atoms with Crippen LogP contribution in [0.3, 0.4) is 0 Å². The fraction of sp³-hybridized carbons (Fsp3) is 0.471. The van der Waals surface area contributed by atoms with Gasteiger partial charge in [0.05, 0.1) is 6.04 Å². The molecule has 0 aliphatic carbocycles. The molecule has 1 unspecified atom stereocenters. The van der Waals surface area contributed by atoms with Crippen LogP contribution in [-0.2, 0) is 4.79 Å². The van der Waals surface area contributed by atoms with Crippen molar-refractivity contribution in [3.05, 3.63) is 42.0 Å². The minimum atomic E-state index is 0.0513. The van der Waals surface area contributed by atoms with E-state index in [2.05, 4.69) is 35.7 Å². The Balaban J connectivity index is 1.62. The summed E-state index contributed by atoms with van der Waals surface area (Å²) in [6.07, 6.45) is 6.52. The maximum atomic E-state index is 12.4. The molecule has 0 bridgehead atoms. The van der Waals surface area contributed by atoms with Gasteiger partial charge < -0.3 is 10.2 Å². The normalized spacial score (nSPS) is 23.3. The Labute approximate surface area is 120 Å². The van der Waals surface area contributed by atoms with Crippen molar-refractivity contribution in [2.75, 3.05) is 19.6 Å².